The Labute approximate surface area is 103 Å². The molecular formula is C13H16BNO2. The number of hydrogen-bond acceptors (Lipinski definition) is 3. The van der Waals surface area contributed by atoms with Gasteiger partial charge in [-0.25, -0.2) is 0 Å². The van der Waals surface area contributed by atoms with E-state index in [1.807, 2.05) is 33.8 Å². The van der Waals surface area contributed by atoms with Crippen LogP contribution in [0.5, 0.6) is 0 Å². The monoisotopic (exact) mass is 229 g/mol. The van der Waals surface area contributed by atoms with Crippen molar-refractivity contribution in [3.8, 4) is 12.3 Å². The summed E-state index contributed by atoms with van der Waals surface area (Å²) in [6.07, 6.45) is 7.04. The molecular weight excluding hydrogens is 213 g/mol. The van der Waals surface area contributed by atoms with Crippen LogP contribution in [0.4, 0.5) is 0 Å². The van der Waals surface area contributed by atoms with E-state index in [0.717, 1.165) is 11.2 Å². The van der Waals surface area contributed by atoms with Crippen LogP contribution in [-0.4, -0.2) is 23.3 Å². The van der Waals surface area contributed by atoms with Gasteiger partial charge in [-0.05, 0) is 39.8 Å². The van der Waals surface area contributed by atoms with Gasteiger partial charge in [-0.3, -0.25) is 4.98 Å². The van der Waals surface area contributed by atoms with Crippen molar-refractivity contribution < 1.29 is 9.31 Å². The van der Waals surface area contributed by atoms with Gasteiger partial charge in [-0.1, -0.05) is 5.92 Å². The number of aromatic nitrogens is 1. The molecule has 17 heavy (non-hydrogen) atoms. The molecule has 1 saturated heterocycles. The Hall–Kier alpha value is -1.31. The molecule has 0 unspecified atom stereocenters. The first kappa shape index (κ1) is 12.2. The molecule has 0 saturated carbocycles. The second kappa shape index (κ2) is 3.87. The topological polar surface area (TPSA) is 31.4 Å². The van der Waals surface area contributed by atoms with E-state index in [2.05, 4.69) is 10.9 Å². The van der Waals surface area contributed by atoms with Crippen LogP contribution in [0.2, 0.25) is 0 Å². The van der Waals surface area contributed by atoms with Crippen LogP contribution in [0.1, 0.15) is 33.3 Å². The van der Waals surface area contributed by atoms with Gasteiger partial charge in [0.1, 0.15) is 0 Å². The third-order valence-corrected chi connectivity index (χ3v) is 3.44. The maximum atomic E-state index is 5.90. The van der Waals surface area contributed by atoms with Gasteiger partial charge in [0.2, 0.25) is 0 Å². The minimum absolute atomic E-state index is 0.356. The van der Waals surface area contributed by atoms with E-state index in [4.69, 9.17) is 15.7 Å². The normalized spacial score (nSPS) is 21.2. The zero-order chi connectivity index (χ0) is 12.7. The van der Waals surface area contributed by atoms with Crippen LogP contribution in [-0.2, 0) is 9.31 Å². The molecule has 1 aliphatic heterocycles. The quantitative estimate of drug-likeness (QED) is 0.538. The van der Waals surface area contributed by atoms with Crippen molar-refractivity contribution >= 4 is 12.7 Å². The average molecular weight is 229 g/mol. The molecule has 0 bridgehead atoms. The lowest BCUT2D eigenvalue weighted by molar-refractivity contribution is 0.00578. The Balaban J connectivity index is 2.29. The summed E-state index contributed by atoms with van der Waals surface area (Å²) in [5.41, 5.74) is 0.792. The molecule has 2 rings (SSSR count). The Morgan fingerprint density at radius 1 is 1.24 bits per heavy atom. The molecule has 0 atom stereocenters. The van der Waals surface area contributed by atoms with Crippen LogP contribution < -0.4 is 5.59 Å². The van der Waals surface area contributed by atoms with E-state index in [-0.39, 0.29) is 11.2 Å². The van der Waals surface area contributed by atoms with Gasteiger partial charge >= 0.3 is 7.12 Å². The molecule has 1 aliphatic rings. The van der Waals surface area contributed by atoms with Crippen LogP contribution >= 0.6 is 0 Å². The van der Waals surface area contributed by atoms with Gasteiger partial charge in [-0.2, -0.15) is 0 Å². The van der Waals surface area contributed by atoms with Crippen molar-refractivity contribution in [1.82, 2.24) is 4.98 Å². The van der Waals surface area contributed by atoms with Crippen LogP contribution in [0, 0.1) is 12.3 Å². The first-order chi connectivity index (χ1) is 7.86. The number of rotatable bonds is 1. The molecule has 3 nitrogen and oxygen atoms in total. The van der Waals surface area contributed by atoms with Crippen LogP contribution in [0.3, 0.4) is 0 Å². The van der Waals surface area contributed by atoms with Gasteiger partial charge in [-0.15, -0.1) is 6.42 Å². The maximum absolute atomic E-state index is 5.90. The lowest BCUT2D eigenvalue weighted by Gasteiger charge is -2.32. The Kier molecular flexibility index (Phi) is 2.77. The fourth-order valence-corrected chi connectivity index (χ4v) is 1.63. The third kappa shape index (κ3) is 2.09. The molecule has 4 heteroatoms. The van der Waals surface area contributed by atoms with E-state index in [1.165, 1.54) is 0 Å². The Morgan fingerprint density at radius 3 is 2.35 bits per heavy atom. The average Bonchev–Trinajstić information content (AvgIpc) is 2.48. The van der Waals surface area contributed by atoms with Gasteiger partial charge in [0.15, 0.2) is 0 Å². The summed E-state index contributed by atoms with van der Waals surface area (Å²) in [6.45, 7) is 8.05. The zero-order valence-corrected chi connectivity index (χ0v) is 10.7. The Morgan fingerprint density at radius 2 is 1.82 bits per heavy atom. The fraction of sp³-hybridized carbons (Fsp3) is 0.462. The highest BCUT2D eigenvalue weighted by Crippen LogP contribution is 2.36. The molecule has 2 heterocycles. The number of terminal acetylenes is 1. The van der Waals surface area contributed by atoms with Crippen molar-refractivity contribution in [3.63, 3.8) is 0 Å². The van der Waals surface area contributed by atoms with E-state index in [1.54, 1.807) is 12.3 Å². The highest BCUT2D eigenvalue weighted by molar-refractivity contribution is 6.61. The van der Waals surface area contributed by atoms with Crippen LogP contribution in [0.15, 0.2) is 18.3 Å². The van der Waals surface area contributed by atoms with E-state index < -0.39 is 7.12 Å². The highest BCUT2D eigenvalue weighted by atomic mass is 16.7. The van der Waals surface area contributed by atoms with Crippen molar-refractivity contribution in [3.05, 3.63) is 23.9 Å². The zero-order valence-electron chi connectivity index (χ0n) is 10.7. The summed E-state index contributed by atoms with van der Waals surface area (Å²) >= 11 is 0. The lowest BCUT2D eigenvalue weighted by atomic mass is 9.83. The molecule has 0 amide bonds. The van der Waals surface area contributed by atoms with Crippen molar-refractivity contribution in [2.24, 2.45) is 0 Å². The van der Waals surface area contributed by atoms with Crippen molar-refractivity contribution in [1.29, 1.82) is 0 Å². The molecule has 0 radical (unpaired) electrons. The predicted molar refractivity (Wildman–Crippen MR) is 67.9 cm³/mol. The van der Waals surface area contributed by atoms with E-state index in [9.17, 15) is 0 Å². The molecule has 88 valence electrons. The maximum Gasteiger partial charge on any atom is 0.514 e. The van der Waals surface area contributed by atoms with E-state index >= 15 is 0 Å². The summed E-state index contributed by atoms with van der Waals surface area (Å²) in [6, 6.07) is 3.61. The number of pyridine rings is 1. The van der Waals surface area contributed by atoms with Gasteiger partial charge < -0.3 is 9.31 Å². The molecule has 0 aromatic carbocycles. The molecule has 0 N–H and O–H groups in total. The smallest absolute Gasteiger partial charge is 0.398 e. The van der Waals surface area contributed by atoms with Crippen molar-refractivity contribution in [2.45, 2.75) is 38.9 Å². The second-order valence-corrected chi connectivity index (χ2v) is 5.20. The largest absolute Gasteiger partial charge is 0.514 e. The van der Waals surface area contributed by atoms with Gasteiger partial charge in [0.05, 0.1) is 16.8 Å². The third-order valence-electron chi connectivity index (χ3n) is 3.44. The summed E-state index contributed by atoms with van der Waals surface area (Å²) in [4.78, 5) is 4.25. The second-order valence-electron chi connectivity index (χ2n) is 5.20. The standard InChI is InChI=1S/C13H16BNO2/c1-6-10-7-8-15-11(9-10)14-16-12(2,3)13(4,5)17-14/h1,7-9H,2-5H3. The lowest BCUT2D eigenvalue weighted by Crippen LogP contribution is -2.41. The summed E-state index contributed by atoms with van der Waals surface area (Å²) in [5, 5.41) is 0. The highest BCUT2D eigenvalue weighted by Gasteiger charge is 2.52. The summed E-state index contributed by atoms with van der Waals surface area (Å²) < 4.78 is 11.8. The molecule has 0 aliphatic carbocycles. The van der Waals surface area contributed by atoms with E-state index in [0.29, 0.717) is 0 Å². The molecule has 1 aromatic rings. The predicted octanol–water partition coefficient (Wildman–Crippen LogP) is 1.36. The SMILES string of the molecule is C#Cc1ccnc(B2OC(C)(C)C(C)(C)O2)c1. The number of nitrogens with zero attached hydrogens (tertiary/aromatic N) is 1. The summed E-state index contributed by atoms with van der Waals surface area (Å²) in [5.74, 6) is 2.58. The first-order valence-corrected chi connectivity index (χ1v) is 5.64. The summed E-state index contributed by atoms with van der Waals surface area (Å²) in [7, 11) is -0.451. The van der Waals surface area contributed by atoms with Crippen molar-refractivity contribution in [2.75, 3.05) is 0 Å². The minimum atomic E-state index is -0.451. The Bertz CT molecular complexity index is 461. The van der Waals surface area contributed by atoms with Gasteiger partial charge in [0, 0.05) is 11.8 Å². The molecule has 0 spiro atoms. The van der Waals surface area contributed by atoms with Crippen LogP contribution in [0.25, 0.3) is 0 Å². The first-order valence-electron chi connectivity index (χ1n) is 5.64. The molecule has 1 fully saturated rings. The molecule has 1 aromatic heterocycles. The minimum Gasteiger partial charge on any atom is -0.398 e. The fourth-order valence-electron chi connectivity index (χ4n) is 1.63. The number of hydrogen-bond donors (Lipinski definition) is 0. The van der Waals surface area contributed by atoms with Gasteiger partial charge in [0.25, 0.3) is 0 Å².